The number of nitrogens with two attached hydrogens (primary N) is 2. The van der Waals surface area contributed by atoms with E-state index in [4.69, 9.17) is 20.9 Å². The Balaban J connectivity index is 1.88. The van der Waals surface area contributed by atoms with Crippen LogP contribution in [0.4, 0.5) is 23.4 Å². The lowest BCUT2D eigenvalue weighted by Crippen LogP contribution is -2.17. The van der Waals surface area contributed by atoms with E-state index in [0.717, 1.165) is 11.6 Å². The number of hydrogen-bond donors (Lipinski definition) is 2. The van der Waals surface area contributed by atoms with E-state index < -0.39 is 29.8 Å². The maximum Gasteiger partial charge on any atom is 0.419 e. The lowest BCUT2D eigenvalue weighted by Gasteiger charge is -2.17. The fraction of sp³-hybridized carbons (Fsp3) is 0.318. The van der Waals surface area contributed by atoms with Crippen LogP contribution in [0.25, 0.3) is 0 Å². The molecule has 0 saturated heterocycles. The van der Waals surface area contributed by atoms with Gasteiger partial charge in [0, 0.05) is 7.11 Å². The van der Waals surface area contributed by atoms with Crippen molar-refractivity contribution in [1.82, 2.24) is 9.78 Å². The first-order valence-corrected chi connectivity index (χ1v) is 9.77. The largest absolute Gasteiger partial charge is 0.419 e. The van der Waals surface area contributed by atoms with Gasteiger partial charge in [0.25, 0.3) is 0 Å². The Morgan fingerprint density at radius 3 is 2.38 bits per heavy atom. The van der Waals surface area contributed by atoms with E-state index in [0.29, 0.717) is 23.9 Å². The van der Waals surface area contributed by atoms with E-state index in [9.17, 15) is 17.6 Å². The van der Waals surface area contributed by atoms with Gasteiger partial charge in [-0.05, 0) is 30.2 Å². The van der Waals surface area contributed by atoms with E-state index in [2.05, 4.69) is 5.10 Å². The fourth-order valence-electron chi connectivity index (χ4n) is 3.34. The van der Waals surface area contributed by atoms with Crippen molar-refractivity contribution in [1.29, 1.82) is 0 Å². The molecule has 0 fully saturated rings. The minimum absolute atomic E-state index is 0.0760. The molecular weight excluding hydrogens is 428 g/mol. The average molecular weight is 452 g/mol. The van der Waals surface area contributed by atoms with Crippen molar-refractivity contribution < 1.29 is 27.0 Å². The third-order valence-electron chi connectivity index (χ3n) is 5.10. The van der Waals surface area contributed by atoms with Gasteiger partial charge < -0.3 is 20.9 Å². The monoisotopic (exact) mass is 452 g/mol. The lowest BCUT2D eigenvalue weighted by molar-refractivity contribution is -0.140. The summed E-state index contributed by atoms with van der Waals surface area (Å²) in [5.74, 6) is -1.21. The van der Waals surface area contributed by atoms with Gasteiger partial charge in [-0.3, -0.25) is 0 Å². The fourth-order valence-corrected chi connectivity index (χ4v) is 3.34. The summed E-state index contributed by atoms with van der Waals surface area (Å²) in [6.45, 7) is 2.05. The van der Waals surface area contributed by atoms with Crippen LogP contribution in [-0.4, -0.2) is 16.9 Å². The van der Waals surface area contributed by atoms with Crippen molar-refractivity contribution >= 4 is 5.82 Å². The number of nitrogens with zero attached hydrogens (tertiary/aromatic N) is 2. The molecule has 2 aromatic carbocycles. The highest BCUT2D eigenvalue weighted by Gasteiger charge is 2.34. The first-order valence-electron chi connectivity index (χ1n) is 9.77. The zero-order valence-corrected chi connectivity index (χ0v) is 17.6. The number of benzene rings is 2. The molecule has 1 aromatic heterocycles. The summed E-state index contributed by atoms with van der Waals surface area (Å²) >= 11 is 0. The van der Waals surface area contributed by atoms with Crippen LogP contribution in [0.5, 0.6) is 0 Å². The molecule has 3 rings (SSSR count). The molecule has 0 saturated carbocycles. The van der Waals surface area contributed by atoms with Crippen molar-refractivity contribution in [2.24, 2.45) is 5.73 Å². The zero-order valence-electron chi connectivity index (χ0n) is 17.6. The summed E-state index contributed by atoms with van der Waals surface area (Å²) in [7, 11) is 1.41. The van der Waals surface area contributed by atoms with Gasteiger partial charge in [0.15, 0.2) is 0 Å². The Morgan fingerprint density at radius 2 is 1.78 bits per heavy atom. The smallest absolute Gasteiger partial charge is 0.384 e. The zero-order chi connectivity index (χ0) is 23.5. The molecule has 172 valence electrons. The Morgan fingerprint density at radius 1 is 1.09 bits per heavy atom. The molecule has 4 N–H and O–H groups in total. The summed E-state index contributed by atoms with van der Waals surface area (Å²) < 4.78 is 65.0. The number of alkyl halides is 3. The first kappa shape index (κ1) is 23.7. The second-order valence-corrected chi connectivity index (χ2v) is 7.24. The number of methoxy groups -OCH3 is 1. The molecule has 1 heterocycles. The van der Waals surface area contributed by atoms with Crippen LogP contribution in [0.3, 0.4) is 0 Å². The summed E-state index contributed by atoms with van der Waals surface area (Å²) in [6, 6.07) is 11.6. The SMILES string of the molecule is COC(N)c1c(COCc2ccccc2)nn(C(C)c2ccc(C(F)(F)F)c(F)c2)c1N. The number of ether oxygens (including phenoxy) is 2. The molecule has 32 heavy (non-hydrogen) atoms. The third-order valence-corrected chi connectivity index (χ3v) is 5.10. The second kappa shape index (κ2) is 9.68. The van der Waals surface area contributed by atoms with Gasteiger partial charge >= 0.3 is 6.18 Å². The Labute approximate surface area is 182 Å². The molecule has 0 radical (unpaired) electrons. The minimum Gasteiger partial charge on any atom is -0.384 e. The Kier molecular flexibility index (Phi) is 7.17. The van der Waals surface area contributed by atoms with Crippen molar-refractivity contribution in [3.63, 3.8) is 0 Å². The van der Waals surface area contributed by atoms with Gasteiger partial charge in [0.2, 0.25) is 0 Å². The standard InChI is InChI=1S/C22H24F4N4O2/c1-13(15-8-9-16(17(23)10-15)22(24,25)26)30-20(27)19(21(28)31-2)18(29-30)12-32-11-14-6-4-3-5-7-14/h3-10,13,21H,11-12,27-28H2,1-2H3. The molecule has 0 bridgehead atoms. The Hall–Kier alpha value is -2.95. The molecule has 3 aromatic rings. The van der Waals surface area contributed by atoms with Gasteiger partial charge in [0.1, 0.15) is 17.9 Å². The minimum atomic E-state index is -4.78. The van der Waals surface area contributed by atoms with Crippen LogP contribution in [0.2, 0.25) is 0 Å². The molecule has 6 nitrogen and oxygen atoms in total. The number of halogens is 4. The molecule has 0 aliphatic carbocycles. The molecule has 2 atom stereocenters. The topological polar surface area (TPSA) is 88.3 Å². The lowest BCUT2D eigenvalue weighted by atomic mass is 10.1. The van der Waals surface area contributed by atoms with Gasteiger partial charge in [-0.25, -0.2) is 9.07 Å². The van der Waals surface area contributed by atoms with Crippen molar-refractivity contribution in [3.05, 3.63) is 82.3 Å². The van der Waals surface area contributed by atoms with Crippen LogP contribution in [0, 0.1) is 5.82 Å². The maximum absolute atomic E-state index is 14.1. The molecule has 10 heteroatoms. The summed E-state index contributed by atoms with van der Waals surface area (Å²) in [4.78, 5) is 0. The van der Waals surface area contributed by atoms with Gasteiger partial charge in [-0.2, -0.15) is 18.3 Å². The van der Waals surface area contributed by atoms with Crippen LogP contribution >= 0.6 is 0 Å². The van der Waals surface area contributed by atoms with Gasteiger partial charge in [0.05, 0.1) is 36.1 Å². The van der Waals surface area contributed by atoms with E-state index in [1.54, 1.807) is 6.92 Å². The highest BCUT2D eigenvalue weighted by Crippen LogP contribution is 2.34. The molecule has 0 spiro atoms. The predicted molar refractivity (Wildman–Crippen MR) is 111 cm³/mol. The van der Waals surface area contributed by atoms with Crippen LogP contribution < -0.4 is 11.5 Å². The van der Waals surface area contributed by atoms with E-state index in [1.807, 2.05) is 30.3 Å². The van der Waals surface area contributed by atoms with E-state index in [-0.39, 0.29) is 18.0 Å². The quantitative estimate of drug-likeness (QED) is 0.387. The predicted octanol–water partition coefficient (Wildman–Crippen LogP) is 4.55. The molecule has 0 aliphatic heterocycles. The van der Waals surface area contributed by atoms with Crippen LogP contribution in [0.15, 0.2) is 48.5 Å². The molecular formula is C22H24F4N4O2. The number of rotatable bonds is 8. The highest BCUT2D eigenvalue weighted by atomic mass is 19.4. The van der Waals surface area contributed by atoms with Gasteiger partial charge in [-0.15, -0.1) is 0 Å². The van der Waals surface area contributed by atoms with Crippen LogP contribution in [-0.2, 0) is 28.9 Å². The van der Waals surface area contributed by atoms with Crippen molar-refractivity contribution in [2.75, 3.05) is 12.8 Å². The Bertz CT molecular complexity index is 1050. The normalized spacial score (nSPS) is 13.8. The first-order chi connectivity index (χ1) is 15.1. The van der Waals surface area contributed by atoms with Crippen LogP contribution in [0.1, 0.15) is 47.1 Å². The van der Waals surface area contributed by atoms with Gasteiger partial charge in [-0.1, -0.05) is 36.4 Å². The molecule has 0 amide bonds. The van der Waals surface area contributed by atoms with Crippen molar-refractivity contribution in [3.8, 4) is 0 Å². The summed E-state index contributed by atoms with van der Waals surface area (Å²) in [5, 5.41) is 4.45. The summed E-state index contributed by atoms with van der Waals surface area (Å²) in [5.41, 5.74) is 13.0. The number of hydrogen-bond acceptors (Lipinski definition) is 5. The number of anilines is 1. The van der Waals surface area contributed by atoms with E-state index in [1.165, 1.54) is 17.9 Å². The number of nitrogen functional groups attached to an aromatic ring is 1. The summed E-state index contributed by atoms with van der Waals surface area (Å²) in [6.07, 6.45) is -5.67. The highest BCUT2D eigenvalue weighted by molar-refractivity contribution is 5.46. The number of aromatic nitrogens is 2. The van der Waals surface area contributed by atoms with Crippen molar-refractivity contribution in [2.45, 2.75) is 38.6 Å². The maximum atomic E-state index is 14.1. The average Bonchev–Trinajstić information content (AvgIpc) is 3.08. The molecule has 2 unspecified atom stereocenters. The molecule has 0 aliphatic rings. The second-order valence-electron chi connectivity index (χ2n) is 7.24. The van der Waals surface area contributed by atoms with E-state index >= 15 is 0 Å². The third kappa shape index (κ3) is 5.09.